The van der Waals surface area contributed by atoms with Gasteiger partial charge in [0.05, 0.1) is 0 Å². The van der Waals surface area contributed by atoms with Crippen molar-refractivity contribution in [1.82, 2.24) is 5.32 Å². The van der Waals surface area contributed by atoms with Crippen LogP contribution in [0.3, 0.4) is 0 Å². The van der Waals surface area contributed by atoms with E-state index in [2.05, 4.69) is 5.32 Å². The monoisotopic (exact) mass is 374 g/mol. The first-order chi connectivity index (χ1) is 11.0. The number of hydrogen-bond donors (Lipinski definition) is 2. The summed E-state index contributed by atoms with van der Waals surface area (Å²) in [5.41, 5.74) is 7.13. The minimum absolute atomic E-state index is 0. The van der Waals surface area contributed by atoms with Crippen LogP contribution in [0.25, 0.3) is 0 Å². The van der Waals surface area contributed by atoms with Crippen LogP contribution in [0.4, 0.5) is 4.39 Å². The Bertz CT molecular complexity index is 570. The molecular formula is C18H25Cl2FN2O. The molecule has 0 saturated heterocycles. The first-order valence-electron chi connectivity index (χ1n) is 8.52. The zero-order chi connectivity index (χ0) is 16.4. The molecule has 2 atom stereocenters. The molecule has 3 nitrogen and oxygen atoms in total. The molecule has 0 radical (unpaired) electrons. The van der Waals surface area contributed by atoms with Crippen LogP contribution >= 0.6 is 24.0 Å². The van der Waals surface area contributed by atoms with Crippen molar-refractivity contribution in [3.8, 4) is 0 Å². The van der Waals surface area contributed by atoms with Crippen LogP contribution in [-0.4, -0.2) is 18.5 Å². The van der Waals surface area contributed by atoms with E-state index in [1.165, 1.54) is 18.6 Å². The van der Waals surface area contributed by atoms with E-state index in [4.69, 9.17) is 17.3 Å². The Balaban J connectivity index is 0.00000208. The molecule has 1 amide bonds. The lowest BCUT2D eigenvalue weighted by molar-refractivity contribution is -0.127. The molecule has 3 N–H and O–H groups in total. The minimum atomic E-state index is -0.340. The van der Waals surface area contributed by atoms with Crippen molar-refractivity contribution in [3.05, 3.63) is 34.6 Å². The van der Waals surface area contributed by atoms with Crippen molar-refractivity contribution in [3.63, 3.8) is 0 Å². The molecule has 1 aromatic rings. The van der Waals surface area contributed by atoms with Crippen molar-refractivity contribution in [1.29, 1.82) is 0 Å². The highest BCUT2D eigenvalue weighted by atomic mass is 35.5. The number of carbonyl (C=O) groups excluding carboxylic acids is 1. The second kappa shape index (κ2) is 8.50. The number of benzene rings is 1. The van der Waals surface area contributed by atoms with Crippen LogP contribution in [0.5, 0.6) is 0 Å². The summed E-state index contributed by atoms with van der Waals surface area (Å²) in [5, 5.41) is 3.43. The normalized spacial score (nSPS) is 28.8. The van der Waals surface area contributed by atoms with Gasteiger partial charge < -0.3 is 11.1 Å². The van der Waals surface area contributed by atoms with Gasteiger partial charge in [0, 0.05) is 23.5 Å². The van der Waals surface area contributed by atoms with Crippen molar-refractivity contribution < 1.29 is 9.18 Å². The Hall–Kier alpha value is -0.840. The van der Waals surface area contributed by atoms with Gasteiger partial charge in [-0.25, -0.2) is 4.39 Å². The molecule has 2 fully saturated rings. The number of rotatable bonds is 4. The summed E-state index contributed by atoms with van der Waals surface area (Å²) in [5.74, 6) is 0.892. The van der Waals surface area contributed by atoms with Gasteiger partial charge in [-0.15, -0.1) is 12.4 Å². The average Bonchev–Trinajstić information content (AvgIpc) is 2.49. The van der Waals surface area contributed by atoms with Crippen LogP contribution < -0.4 is 11.1 Å². The molecular weight excluding hydrogens is 350 g/mol. The summed E-state index contributed by atoms with van der Waals surface area (Å²) in [7, 11) is 0. The zero-order valence-corrected chi connectivity index (χ0v) is 15.2. The number of halogens is 3. The molecule has 0 spiro atoms. The van der Waals surface area contributed by atoms with Crippen LogP contribution in [-0.2, 0) is 11.2 Å². The third kappa shape index (κ3) is 4.41. The van der Waals surface area contributed by atoms with Gasteiger partial charge in [0.25, 0.3) is 0 Å². The SMILES string of the molecule is Cl.NC1C2CCCC1CC(C(=O)NCCc1ccc(F)cc1Cl)C2. The third-order valence-electron chi connectivity index (χ3n) is 5.49. The Morgan fingerprint density at radius 3 is 2.58 bits per heavy atom. The van der Waals surface area contributed by atoms with Gasteiger partial charge in [-0.2, -0.15) is 0 Å². The van der Waals surface area contributed by atoms with Crippen molar-refractivity contribution in [2.24, 2.45) is 23.5 Å². The molecule has 134 valence electrons. The second-order valence-corrected chi connectivity index (χ2v) is 7.38. The molecule has 6 heteroatoms. The van der Waals surface area contributed by atoms with Crippen LogP contribution in [0, 0.1) is 23.6 Å². The molecule has 2 bridgehead atoms. The zero-order valence-electron chi connectivity index (χ0n) is 13.6. The Labute approximate surface area is 153 Å². The molecule has 2 aliphatic carbocycles. The number of fused-ring (bicyclic) bond motifs is 2. The smallest absolute Gasteiger partial charge is 0.223 e. The van der Waals surface area contributed by atoms with Gasteiger partial charge >= 0.3 is 0 Å². The number of nitrogens with two attached hydrogens (primary N) is 1. The standard InChI is InChI=1S/C18H24ClFN2O.ClH/c19-16-10-15(20)5-4-11(16)6-7-22-18(23)14-8-12-2-1-3-13(9-14)17(12)21;/h4-5,10,12-14,17H,1-3,6-9,21H2,(H,22,23);1H. The van der Waals surface area contributed by atoms with Crippen molar-refractivity contribution in [2.75, 3.05) is 6.54 Å². The minimum Gasteiger partial charge on any atom is -0.356 e. The quantitative estimate of drug-likeness (QED) is 0.843. The lowest BCUT2D eigenvalue weighted by atomic mass is 9.65. The predicted molar refractivity (Wildman–Crippen MR) is 96.9 cm³/mol. The van der Waals surface area contributed by atoms with Gasteiger partial charge in [0.15, 0.2) is 0 Å². The summed E-state index contributed by atoms with van der Waals surface area (Å²) >= 11 is 6.01. The lowest BCUT2D eigenvalue weighted by Gasteiger charge is -2.43. The maximum Gasteiger partial charge on any atom is 0.223 e. The summed E-state index contributed by atoms with van der Waals surface area (Å²) in [6.45, 7) is 0.530. The molecule has 2 unspecified atom stereocenters. The van der Waals surface area contributed by atoms with Gasteiger partial charge in [0.2, 0.25) is 5.91 Å². The van der Waals surface area contributed by atoms with Gasteiger partial charge in [0.1, 0.15) is 5.82 Å². The highest BCUT2D eigenvalue weighted by molar-refractivity contribution is 6.31. The largest absolute Gasteiger partial charge is 0.356 e. The molecule has 24 heavy (non-hydrogen) atoms. The van der Waals surface area contributed by atoms with E-state index in [-0.39, 0.29) is 36.1 Å². The Kier molecular flexibility index (Phi) is 6.90. The van der Waals surface area contributed by atoms with E-state index in [0.717, 1.165) is 31.2 Å². The highest BCUT2D eigenvalue weighted by Crippen LogP contribution is 2.41. The maximum atomic E-state index is 13.0. The van der Waals surface area contributed by atoms with E-state index in [9.17, 15) is 9.18 Å². The van der Waals surface area contributed by atoms with Gasteiger partial charge in [-0.1, -0.05) is 24.1 Å². The molecule has 2 saturated carbocycles. The van der Waals surface area contributed by atoms with E-state index in [1.54, 1.807) is 6.07 Å². The molecule has 3 rings (SSSR count). The summed E-state index contributed by atoms with van der Waals surface area (Å²) in [6.07, 6.45) is 6.02. The van der Waals surface area contributed by atoms with Gasteiger partial charge in [-0.3, -0.25) is 4.79 Å². The highest BCUT2D eigenvalue weighted by Gasteiger charge is 2.40. The Morgan fingerprint density at radius 2 is 1.96 bits per heavy atom. The summed E-state index contributed by atoms with van der Waals surface area (Å²) in [4.78, 5) is 12.4. The lowest BCUT2D eigenvalue weighted by Crippen LogP contribution is -2.49. The number of nitrogens with one attached hydrogen (secondary N) is 1. The van der Waals surface area contributed by atoms with Gasteiger partial charge in [-0.05, 0) is 61.6 Å². The van der Waals surface area contributed by atoms with Crippen molar-refractivity contribution >= 4 is 29.9 Å². The molecule has 1 aromatic carbocycles. The fourth-order valence-electron chi connectivity index (χ4n) is 4.19. The first-order valence-corrected chi connectivity index (χ1v) is 8.89. The molecule has 0 aliphatic heterocycles. The molecule has 0 aromatic heterocycles. The average molecular weight is 375 g/mol. The van der Waals surface area contributed by atoms with E-state index in [1.807, 2.05) is 0 Å². The van der Waals surface area contributed by atoms with E-state index >= 15 is 0 Å². The first kappa shape index (κ1) is 19.5. The topological polar surface area (TPSA) is 55.1 Å². The number of carbonyl (C=O) groups is 1. The van der Waals surface area contributed by atoms with E-state index in [0.29, 0.717) is 29.8 Å². The van der Waals surface area contributed by atoms with Crippen molar-refractivity contribution in [2.45, 2.75) is 44.6 Å². The fraction of sp³-hybridized carbons (Fsp3) is 0.611. The number of amides is 1. The Morgan fingerprint density at radius 1 is 1.29 bits per heavy atom. The summed E-state index contributed by atoms with van der Waals surface area (Å²) < 4.78 is 13.0. The fourth-order valence-corrected chi connectivity index (χ4v) is 4.45. The maximum absolute atomic E-state index is 13.0. The third-order valence-corrected chi connectivity index (χ3v) is 5.84. The van der Waals surface area contributed by atoms with Crippen LogP contribution in [0.2, 0.25) is 5.02 Å². The van der Waals surface area contributed by atoms with Crippen LogP contribution in [0.15, 0.2) is 18.2 Å². The predicted octanol–water partition coefficient (Wildman–Crippen LogP) is 3.71. The second-order valence-electron chi connectivity index (χ2n) is 6.97. The van der Waals surface area contributed by atoms with E-state index < -0.39 is 0 Å². The molecule has 0 heterocycles. The summed E-state index contributed by atoms with van der Waals surface area (Å²) in [6, 6.07) is 4.66. The van der Waals surface area contributed by atoms with Crippen LogP contribution in [0.1, 0.15) is 37.7 Å². The molecule has 2 aliphatic rings. The number of hydrogen-bond acceptors (Lipinski definition) is 2.